The Hall–Kier alpha value is -1.04. The standard InChI is InChI=1S/C12H17ClN2O2S/c1-16-7-6-14-12(18)15-8-9-10(13)4-3-5-11(9)17-2/h3-5H,6-8H2,1-2H3,(H2,14,15,18). The van der Waals surface area contributed by atoms with E-state index in [0.29, 0.717) is 29.8 Å². The van der Waals surface area contributed by atoms with Crippen molar-refractivity contribution in [3.63, 3.8) is 0 Å². The molecule has 1 aromatic rings. The van der Waals surface area contributed by atoms with Crippen LogP contribution < -0.4 is 15.4 Å². The second kappa shape index (κ2) is 8.13. The summed E-state index contributed by atoms with van der Waals surface area (Å²) in [6.07, 6.45) is 0. The lowest BCUT2D eigenvalue weighted by atomic mass is 10.2. The van der Waals surface area contributed by atoms with Crippen molar-refractivity contribution in [2.45, 2.75) is 6.54 Å². The normalized spacial score (nSPS) is 9.94. The molecule has 0 aliphatic heterocycles. The summed E-state index contributed by atoms with van der Waals surface area (Å²) in [7, 11) is 3.26. The summed E-state index contributed by atoms with van der Waals surface area (Å²) in [5.41, 5.74) is 0.887. The number of rotatable bonds is 6. The third-order valence-corrected chi connectivity index (χ3v) is 2.96. The SMILES string of the molecule is COCCNC(=S)NCc1c(Cl)cccc1OC. The maximum atomic E-state index is 6.11. The highest BCUT2D eigenvalue weighted by Crippen LogP contribution is 2.25. The largest absolute Gasteiger partial charge is 0.496 e. The number of halogens is 1. The molecule has 0 bridgehead atoms. The minimum Gasteiger partial charge on any atom is -0.496 e. The van der Waals surface area contributed by atoms with Crippen LogP contribution in [0.25, 0.3) is 0 Å². The molecule has 0 aliphatic rings. The predicted octanol–water partition coefficient (Wildman–Crippen LogP) is 1.96. The number of nitrogens with one attached hydrogen (secondary N) is 2. The Bertz CT molecular complexity index is 402. The first-order valence-electron chi connectivity index (χ1n) is 5.51. The molecule has 0 radical (unpaired) electrons. The van der Waals surface area contributed by atoms with E-state index in [1.165, 1.54) is 0 Å². The summed E-state index contributed by atoms with van der Waals surface area (Å²) in [5.74, 6) is 0.745. The number of hydrogen-bond donors (Lipinski definition) is 2. The van der Waals surface area contributed by atoms with E-state index >= 15 is 0 Å². The second-order valence-electron chi connectivity index (χ2n) is 3.52. The lowest BCUT2D eigenvalue weighted by Crippen LogP contribution is -2.36. The van der Waals surface area contributed by atoms with Gasteiger partial charge in [-0.25, -0.2) is 0 Å². The van der Waals surface area contributed by atoms with Crippen LogP contribution in [0, 0.1) is 0 Å². The summed E-state index contributed by atoms with van der Waals surface area (Å²) in [6, 6.07) is 5.53. The average Bonchev–Trinajstić information content (AvgIpc) is 2.37. The van der Waals surface area contributed by atoms with E-state index in [4.69, 9.17) is 33.3 Å². The Kier molecular flexibility index (Phi) is 6.78. The molecule has 0 amide bonds. The van der Waals surface area contributed by atoms with Crippen molar-refractivity contribution >= 4 is 28.9 Å². The molecule has 18 heavy (non-hydrogen) atoms. The zero-order valence-corrected chi connectivity index (χ0v) is 12.0. The molecule has 0 spiro atoms. The molecular formula is C12H17ClN2O2S. The Balaban J connectivity index is 2.50. The molecule has 4 nitrogen and oxygen atoms in total. The maximum absolute atomic E-state index is 6.11. The predicted molar refractivity (Wildman–Crippen MR) is 77.3 cm³/mol. The molecule has 6 heteroatoms. The van der Waals surface area contributed by atoms with E-state index in [9.17, 15) is 0 Å². The van der Waals surface area contributed by atoms with Crippen LogP contribution in [-0.2, 0) is 11.3 Å². The van der Waals surface area contributed by atoms with E-state index in [1.54, 1.807) is 14.2 Å². The summed E-state index contributed by atoms with van der Waals surface area (Å²) in [6.45, 7) is 1.79. The van der Waals surface area contributed by atoms with E-state index in [1.807, 2.05) is 18.2 Å². The average molecular weight is 289 g/mol. The molecule has 0 unspecified atom stereocenters. The van der Waals surface area contributed by atoms with Gasteiger partial charge in [-0.05, 0) is 24.4 Å². The fourth-order valence-electron chi connectivity index (χ4n) is 1.40. The zero-order valence-electron chi connectivity index (χ0n) is 10.5. The van der Waals surface area contributed by atoms with Gasteiger partial charge >= 0.3 is 0 Å². The van der Waals surface area contributed by atoms with Gasteiger partial charge in [0, 0.05) is 30.8 Å². The lowest BCUT2D eigenvalue weighted by Gasteiger charge is -2.13. The van der Waals surface area contributed by atoms with E-state index in [2.05, 4.69) is 10.6 Å². The van der Waals surface area contributed by atoms with Gasteiger partial charge in [-0.1, -0.05) is 17.7 Å². The van der Waals surface area contributed by atoms with Gasteiger partial charge in [0.15, 0.2) is 5.11 Å². The van der Waals surface area contributed by atoms with E-state index in [-0.39, 0.29) is 0 Å². The van der Waals surface area contributed by atoms with Crippen molar-refractivity contribution in [3.8, 4) is 5.75 Å². The maximum Gasteiger partial charge on any atom is 0.166 e. The number of methoxy groups -OCH3 is 2. The highest BCUT2D eigenvalue weighted by Gasteiger charge is 2.07. The monoisotopic (exact) mass is 288 g/mol. The molecule has 1 rings (SSSR count). The van der Waals surface area contributed by atoms with E-state index < -0.39 is 0 Å². The van der Waals surface area contributed by atoms with Crippen LogP contribution in [0.4, 0.5) is 0 Å². The summed E-state index contributed by atoms with van der Waals surface area (Å²) < 4.78 is 10.2. The van der Waals surface area contributed by atoms with Crippen molar-refractivity contribution < 1.29 is 9.47 Å². The lowest BCUT2D eigenvalue weighted by molar-refractivity contribution is 0.204. The smallest absolute Gasteiger partial charge is 0.166 e. The number of thiocarbonyl (C=S) groups is 1. The van der Waals surface area contributed by atoms with Gasteiger partial charge in [-0.3, -0.25) is 0 Å². The summed E-state index contributed by atoms with van der Waals surface area (Å²) in [4.78, 5) is 0. The third-order valence-electron chi connectivity index (χ3n) is 2.31. The van der Waals surface area contributed by atoms with Crippen LogP contribution in [0.5, 0.6) is 5.75 Å². The first-order chi connectivity index (χ1) is 8.69. The van der Waals surface area contributed by atoms with Gasteiger partial charge in [0.2, 0.25) is 0 Å². The highest BCUT2D eigenvalue weighted by molar-refractivity contribution is 7.80. The molecule has 0 atom stereocenters. The van der Waals surface area contributed by atoms with Crippen molar-refractivity contribution in [1.29, 1.82) is 0 Å². The number of benzene rings is 1. The molecule has 1 aromatic carbocycles. The minimum absolute atomic E-state index is 0.516. The quantitative estimate of drug-likeness (QED) is 0.619. The highest BCUT2D eigenvalue weighted by atomic mass is 35.5. The molecule has 2 N–H and O–H groups in total. The van der Waals surface area contributed by atoms with Crippen molar-refractivity contribution in [3.05, 3.63) is 28.8 Å². The van der Waals surface area contributed by atoms with Gasteiger partial charge in [0.1, 0.15) is 5.75 Å². The van der Waals surface area contributed by atoms with Gasteiger partial charge in [0.25, 0.3) is 0 Å². The second-order valence-corrected chi connectivity index (χ2v) is 4.34. The number of hydrogen-bond acceptors (Lipinski definition) is 3. The first-order valence-corrected chi connectivity index (χ1v) is 6.29. The summed E-state index contributed by atoms with van der Waals surface area (Å²) >= 11 is 11.2. The fraction of sp³-hybridized carbons (Fsp3) is 0.417. The molecule has 0 saturated heterocycles. The summed E-state index contributed by atoms with van der Waals surface area (Å²) in [5, 5.41) is 7.31. The van der Waals surface area contributed by atoms with Crippen molar-refractivity contribution in [2.24, 2.45) is 0 Å². The van der Waals surface area contributed by atoms with Crippen LogP contribution in [-0.4, -0.2) is 32.5 Å². The minimum atomic E-state index is 0.516. The van der Waals surface area contributed by atoms with Crippen LogP contribution in [0.15, 0.2) is 18.2 Å². The molecule has 0 saturated carbocycles. The van der Waals surface area contributed by atoms with Crippen LogP contribution >= 0.6 is 23.8 Å². The van der Waals surface area contributed by atoms with E-state index in [0.717, 1.165) is 11.3 Å². The Labute approximate surface area is 118 Å². The topological polar surface area (TPSA) is 42.5 Å². The molecule has 0 fully saturated rings. The molecule has 0 aromatic heterocycles. The van der Waals surface area contributed by atoms with Crippen LogP contribution in [0.1, 0.15) is 5.56 Å². The Morgan fingerprint density at radius 1 is 1.33 bits per heavy atom. The molecule has 0 aliphatic carbocycles. The van der Waals surface area contributed by atoms with Crippen molar-refractivity contribution in [1.82, 2.24) is 10.6 Å². The van der Waals surface area contributed by atoms with Gasteiger partial charge in [-0.15, -0.1) is 0 Å². The molecule has 0 heterocycles. The van der Waals surface area contributed by atoms with Gasteiger partial charge < -0.3 is 20.1 Å². The first kappa shape index (κ1) is 15.0. The van der Waals surface area contributed by atoms with Gasteiger partial charge in [-0.2, -0.15) is 0 Å². The molecule has 100 valence electrons. The van der Waals surface area contributed by atoms with Crippen LogP contribution in [0.2, 0.25) is 5.02 Å². The zero-order chi connectivity index (χ0) is 13.4. The Morgan fingerprint density at radius 3 is 2.78 bits per heavy atom. The van der Waals surface area contributed by atoms with Gasteiger partial charge in [0.05, 0.1) is 13.7 Å². The fourth-order valence-corrected chi connectivity index (χ4v) is 1.81. The Morgan fingerprint density at radius 2 is 2.11 bits per heavy atom. The van der Waals surface area contributed by atoms with Crippen molar-refractivity contribution in [2.75, 3.05) is 27.4 Å². The number of ether oxygens (including phenoxy) is 2. The third kappa shape index (κ3) is 4.68. The van der Waals surface area contributed by atoms with Crippen LogP contribution in [0.3, 0.4) is 0 Å². The molecular weight excluding hydrogens is 272 g/mol.